The van der Waals surface area contributed by atoms with E-state index in [2.05, 4.69) is 15.5 Å². The molecule has 0 radical (unpaired) electrons. The first-order valence-electron chi connectivity index (χ1n) is 8.54. The van der Waals surface area contributed by atoms with Crippen LogP contribution < -0.4 is 10.1 Å². The maximum Gasteiger partial charge on any atom is 0.210 e. The van der Waals surface area contributed by atoms with Crippen LogP contribution in [0.5, 0.6) is 11.5 Å². The van der Waals surface area contributed by atoms with Crippen LogP contribution in [0.15, 0.2) is 78.9 Å². The number of halogens is 1. The number of aromatic nitrogens is 2. The van der Waals surface area contributed by atoms with Gasteiger partial charge in [-0.2, -0.15) is 0 Å². The van der Waals surface area contributed by atoms with E-state index in [1.807, 2.05) is 54.6 Å². The molecule has 0 spiro atoms. The molecule has 4 rings (SSSR count). The molecule has 0 aliphatic rings. The van der Waals surface area contributed by atoms with E-state index in [1.165, 1.54) is 11.3 Å². The predicted octanol–water partition coefficient (Wildman–Crippen LogP) is 5.81. The van der Waals surface area contributed by atoms with Crippen LogP contribution in [-0.2, 0) is 0 Å². The first-order chi connectivity index (χ1) is 13.7. The van der Waals surface area contributed by atoms with Crippen LogP contribution in [0.3, 0.4) is 0 Å². The number of nitrogens with one attached hydrogen (secondary N) is 1. The Balaban J connectivity index is 1.41. The van der Waals surface area contributed by atoms with Crippen LogP contribution in [0.2, 0.25) is 5.02 Å². The van der Waals surface area contributed by atoms with Gasteiger partial charge in [-0.3, -0.25) is 0 Å². The second-order valence-corrected chi connectivity index (χ2v) is 7.41. The summed E-state index contributed by atoms with van der Waals surface area (Å²) in [6, 6.07) is 24.2. The molecule has 1 atom stereocenters. The minimum atomic E-state index is -0.841. The van der Waals surface area contributed by atoms with Gasteiger partial charge in [-0.15, -0.1) is 10.2 Å². The summed E-state index contributed by atoms with van der Waals surface area (Å²) >= 11 is 7.18. The molecule has 5 nitrogen and oxygen atoms in total. The SMILES string of the molecule is OC(c1ccc(Cl)cc1)c1nnc(Nc2ccc(Oc3ccccc3)cc2)s1. The molecule has 4 aromatic rings. The third-order valence-electron chi connectivity index (χ3n) is 3.94. The monoisotopic (exact) mass is 409 g/mol. The Kier molecular flexibility index (Phi) is 5.53. The van der Waals surface area contributed by atoms with E-state index in [1.54, 1.807) is 24.3 Å². The summed E-state index contributed by atoms with van der Waals surface area (Å²) in [5.74, 6) is 1.53. The van der Waals surface area contributed by atoms with Gasteiger partial charge in [0.25, 0.3) is 0 Å². The van der Waals surface area contributed by atoms with Gasteiger partial charge >= 0.3 is 0 Å². The van der Waals surface area contributed by atoms with Crippen LogP contribution >= 0.6 is 22.9 Å². The lowest BCUT2D eigenvalue weighted by atomic mass is 10.1. The molecule has 0 amide bonds. The largest absolute Gasteiger partial charge is 0.457 e. The molecule has 0 saturated carbocycles. The maximum absolute atomic E-state index is 10.5. The normalized spacial score (nSPS) is 11.8. The van der Waals surface area contributed by atoms with Gasteiger partial charge < -0.3 is 15.2 Å². The summed E-state index contributed by atoms with van der Waals surface area (Å²) in [7, 11) is 0. The summed E-state index contributed by atoms with van der Waals surface area (Å²) in [5.41, 5.74) is 1.57. The zero-order valence-corrected chi connectivity index (χ0v) is 16.2. The minimum absolute atomic E-state index is 0.508. The van der Waals surface area contributed by atoms with Crippen molar-refractivity contribution in [3.05, 3.63) is 94.5 Å². The highest BCUT2D eigenvalue weighted by Crippen LogP contribution is 2.30. The van der Waals surface area contributed by atoms with Gasteiger partial charge in [-0.25, -0.2) is 0 Å². The van der Waals surface area contributed by atoms with Gasteiger partial charge in [0.1, 0.15) is 17.6 Å². The van der Waals surface area contributed by atoms with Crippen molar-refractivity contribution in [3.8, 4) is 11.5 Å². The highest BCUT2D eigenvalue weighted by Gasteiger charge is 2.16. The summed E-state index contributed by atoms with van der Waals surface area (Å²) < 4.78 is 5.78. The summed E-state index contributed by atoms with van der Waals surface area (Å²) in [5, 5.41) is 23.6. The number of para-hydroxylation sites is 1. The molecule has 2 N–H and O–H groups in total. The standard InChI is InChI=1S/C21H16ClN3O2S/c22-15-8-6-14(7-9-15)19(26)20-24-25-21(28-20)23-16-10-12-18(13-11-16)27-17-4-2-1-3-5-17/h1-13,19,26H,(H,23,25). The van der Waals surface area contributed by atoms with Crippen LogP contribution in [0.25, 0.3) is 0 Å². The third-order valence-corrected chi connectivity index (χ3v) is 5.09. The van der Waals surface area contributed by atoms with E-state index >= 15 is 0 Å². The molecular weight excluding hydrogens is 394 g/mol. The minimum Gasteiger partial charge on any atom is -0.457 e. The molecule has 1 aromatic heterocycles. The van der Waals surface area contributed by atoms with Crippen molar-refractivity contribution in [1.29, 1.82) is 0 Å². The molecule has 28 heavy (non-hydrogen) atoms. The lowest BCUT2D eigenvalue weighted by molar-refractivity contribution is 0.219. The molecule has 0 bridgehead atoms. The molecule has 0 aliphatic heterocycles. The van der Waals surface area contributed by atoms with Crippen LogP contribution in [0.1, 0.15) is 16.7 Å². The number of hydrogen-bond acceptors (Lipinski definition) is 6. The van der Waals surface area contributed by atoms with Crippen molar-refractivity contribution < 1.29 is 9.84 Å². The Morgan fingerprint density at radius 1 is 0.857 bits per heavy atom. The van der Waals surface area contributed by atoms with Crippen molar-refractivity contribution in [2.75, 3.05) is 5.32 Å². The van der Waals surface area contributed by atoms with Crippen LogP contribution in [0.4, 0.5) is 10.8 Å². The first-order valence-corrected chi connectivity index (χ1v) is 9.74. The zero-order valence-electron chi connectivity index (χ0n) is 14.6. The number of benzene rings is 3. The fraction of sp³-hybridized carbons (Fsp3) is 0.0476. The molecule has 3 aromatic carbocycles. The van der Waals surface area contributed by atoms with Gasteiger partial charge in [0.15, 0.2) is 5.01 Å². The fourth-order valence-electron chi connectivity index (χ4n) is 2.54. The van der Waals surface area contributed by atoms with Crippen LogP contribution in [0, 0.1) is 0 Å². The van der Waals surface area contributed by atoms with E-state index in [-0.39, 0.29) is 0 Å². The molecule has 1 unspecified atom stereocenters. The Hall–Kier alpha value is -2.93. The molecule has 7 heteroatoms. The topological polar surface area (TPSA) is 67.3 Å². The predicted molar refractivity (Wildman–Crippen MR) is 112 cm³/mol. The van der Waals surface area contributed by atoms with Gasteiger partial charge in [0.05, 0.1) is 0 Å². The number of aliphatic hydroxyl groups excluding tert-OH is 1. The molecule has 0 saturated heterocycles. The quantitative estimate of drug-likeness (QED) is 0.420. The number of rotatable bonds is 6. The average molecular weight is 410 g/mol. The fourth-order valence-corrected chi connectivity index (χ4v) is 3.44. The number of anilines is 2. The van der Waals surface area contributed by atoms with Crippen molar-refractivity contribution >= 4 is 33.8 Å². The van der Waals surface area contributed by atoms with E-state index in [0.717, 1.165) is 22.7 Å². The number of hydrogen-bond donors (Lipinski definition) is 2. The van der Waals surface area contributed by atoms with Crippen LogP contribution in [-0.4, -0.2) is 15.3 Å². The average Bonchev–Trinajstić information content (AvgIpc) is 3.19. The van der Waals surface area contributed by atoms with Crippen molar-refractivity contribution in [2.24, 2.45) is 0 Å². The van der Waals surface area contributed by atoms with Gasteiger partial charge in [-0.05, 0) is 54.1 Å². The highest BCUT2D eigenvalue weighted by atomic mass is 35.5. The van der Waals surface area contributed by atoms with Gasteiger partial charge in [0.2, 0.25) is 5.13 Å². The molecule has 0 fully saturated rings. The Morgan fingerprint density at radius 3 is 2.25 bits per heavy atom. The number of ether oxygens (including phenoxy) is 1. The lowest BCUT2D eigenvalue weighted by Crippen LogP contribution is -1.98. The van der Waals surface area contributed by atoms with E-state index in [9.17, 15) is 5.11 Å². The van der Waals surface area contributed by atoms with E-state index in [4.69, 9.17) is 16.3 Å². The van der Waals surface area contributed by atoms with E-state index < -0.39 is 6.10 Å². The third kappa shape index (κ3) is 4.48. The summed E-state index contributed by atoms with van der Waals surface area (Å²) in [6.45, 7) is 0. The Labute approximate surface area is 171 Å². The summed E-state index contributed by atoms with van der Waals surface area (Å²) in [4.78, 5) is 0. The van der Waals surface area contributed by atoms with Crippen molar-refractivity contribution in [1.82, 2.24) is 10.2 Å². The smallest absolute Gasteiger partial charge is 0.210 e. The van der Waals surface area contributed by atoms with Crippen molar-refractivity contribution in [3.63, 3.8) is 0 Å². The maximum atomic E-state index is 10.5. The summed E-state index contributed by atoms with van der Waals surface area (Å²) in [6.07, 6.45) is -0.841. The lowest BCUT2D eigenvalue weighted by Gasteiger charge is -2.07. The second-order valence-electron chi connectivity index (χ2n) is 5.96. The number of nitrogens with zero attached hydrogens (tertiary/aromatic N) is 2. The molecular formula is C21H16ClN3O2S. The van der Waals surface area contributed by atoms with Gasteiger partial charge in [-0.1, -0.05) is 53.3 Å². The van der Waals surface area contributed by atoms with E-state index in [0.29, 0.717) is 15.2 Å². The molecule has 0 aliphatic carbocycles. The zero-order chi connectivity index (χ0) is 19.3. The molecule has 1 heterocycles. The second kappa shape index (κ2) is 8.39. The first kappa shape index (κ1) is 18.4. The number of aliphatic hydroxyl groups is 1. The Morgan fingerprint density at radius 2 is 1.54 bits per heavy atom. The van der Waals surface area contributed by atoms with Gasteiger partial charge in [0, 0.05) is 10.7 Å². The highest BCUT2D eigenvalue weighted by molar-refractivity contribution is 7.15. The Bertz CT molecular complexity index is 1040. The molecule has 140 valence electrons. The van der Waals surface area contributed by atoms with Crippen molar-refractivity contribution in [2.45, 2.75) is 6.10 Å².